The molecule has 2 amide bonds. The van der Waals surface area contributed by atoms with E-state index in [-0.39, 0.29) is 36.6 Å². The van der Waals surface area contributed by atoms with Gasteiger partial charge in [-0.1, -0.05) is 12.1 Å². The smallest absolute Gasteiger partial charge is 0.260 e. The third-order valence-electron chi connectivity index (χ3n) is 3.94. The molecule has 0 radical (unpaired) electrons. The molecule has 1 aliphatic heterocycles. The predicted molar refractivity (Wildman–Crippen MR) is 92.0 cm³/mol. The first-order valence-electron chi connectivity index (χ1n) is 8.71. The van der Waals surface area contributed by atoms with E-state index in [4.69, 9.17) is 14.2 Å². The Balaban J connectivity index is 1.68. The van der Waals surface area contributed by atoms with Crippen molar-refractivity contribution >= 4 is 11.8 Å². The second-order valence-corrected chi connectivity index (χ2v) is 5.80. The van der Waals surface area contributed by atoms with E-state index in [1.165, 1.54) is 17.0 Å². The van der Waals surface area contributed by atoms with Gasteiger partial charge in [-0.15, -0.1) is 0 Å². The van der Waals surface area contributed by atoms with Crippen molar-refractivity contribution in [2.24, 2.45) is 5.92 Å². The number of nitrogens with one attached hydrogen (secondary N) is 1. The Labute approximate surface area is 152 Å². The van der Waals surface area contributed by atoms with Gasteiger partial charge in [0.1, 0.15) is 0 Å². The van der Waals surface area contributed by atoms with Crippen molar-refractivity contribution in [2.45, 2.75) is 20.1 Å². The minimum absolute atomic E-state index is 0.0357. The van der Waals surface area contributed by atoms with E-state index >= 15 is 0 Å². The molecule has 8 heteroatoms. The van der Waals surface area contributed by atoms with Crippen LogP contribution >= 0.6 is 0 Å². The predicted octanol–water partition coefficient (Wildman–Crippen LogP) is 1.18. The van der Waals surface area contributed by atoms with Gasteiger partial charge in [0.25, 0.3) is 5.91 Å². The van der Waals surface area contributed by atoms with Crippen molar-refractivity contribution in [1.82, 2.24) is 10.2 Å². The summed E-state index contributed by atoms with van der Waals surface area (Å²) in [5, 5.41) is 2.77. The lowest BCUT2D eigenvalue weighted by molar-refractivity contribution is -0.149. The van der Waals surface area contributed by atoms with Crippen LogP contribution in [0.2, 0.25) is 0 Å². The second kappa shape index (κ2) is 10.1. The molecular weight excluding hydrogens is 343 g/mol. The summed E-state index contributed by atoms with van der Waals surface area (Å²) in [5.74, 6) is -1.17. The average Bonchev–Trinajstić information content (AvgIpc) is 2.58. The summed E-state index contributed by atoms with van der Waals surface area (Å²) in [5.41, 5.74) is 0. The van der Waals surface area contributed by atoms with E-state index in [0.29, 0.717) is 26.3 Å². The number of nitrogens with zero attached hydrogens (tertiary/aromatic N) is 1. The van der Waals surface area contributed by atoms with Gasteiger partial charge in [0.2, 0.25) is 5.91 Å². The molecule has 0 aromatic heterocycles. The Bertz CT molecular complexity index is 601. The molecule has 0 atom stereocenters. The molecule has 26 heavy (non-hydrogen) atoms. The number of benzene rings is 1. The van der Waals surface area contributed by atoms with Gasteiger partial charge >= 0.3 is 0 Å². The molecule has 1 aliphatic rings. The van der Waals surface area contributed by atoms with Crippen molar-refractivity contribution in [3.05, 3.63) is 30.1 Å². The topological polar surface area (TPSA) is 77.1 Å². The Morgan fingerprint density at radius 2 is 1.88 bits per heavy atom. The van der Waals surface area contributed by atoms with Crippen molar-refractivity contribution in [3.63, 3.8) is 0 Å². The zero-order valence-electron chi connectivity index (χ0n) is 15.1. The quantitative estimate of drug-likeness (QED) is 0.628. The maximum Gasteiger partial charge on any atom is 0.260 e. The van der Waals surface area contributed by atoms with Gasteiger partial charge in [0, 0.05) is 26.3 Å². The first kappa shape index (κ1) is 20.1. The van der Waals surface area contributed by atoms with Crippen molar-refractivity contribution < 1.29 is 28.2 Å². The Morgan fingerprint density at radius 3 is 2.50 bits per heavy atom. The van der Waals surface area contributed by atoms with Gasteiger partial charge in [-0.05, 0) is 26.0 Å². The largest absolute Gasteiger partial charge is 0.481 e. The number of hydrogen-bond acceptors (Lipinski definition) is 5. The van der Waals surface area contributed by atoms with Crippen LogP contribution in [0.25, 0.3) is 0 Å². The van der Waals surface area contributed by atoms with E-state index in [0.717, 1.165) is 0 Å². The third kappa shape index (κ3) is 5.67. The molecule has 1 fully saturated rings. The van der Waals surface area contributed by atoms with Crippen molar-refractivity contribution in [1.29, 1.82) is 0 Å². The molecule has 0 saturated carbocycles. The van der Waals surface area contributed by atoms with Gasteiger partial charge in [-0.3, -0.25) is 9.59 Å². The molecule has 0 spiro atoms. The van der Waals surface area contributed by atoms with Crippen LogP contribution in [0.3, 0.4) is 0 Å². The minimum atomic E-state index is -0.515. The molecule has 144 valence electrons. The molecule has 7 nitrogen and oxygen atoms in total. The van der Waals surface area contributed by atoms with E-state index in [1.54, 1.807) is 12.1 Å². The van der Waals surface area contributed by atoms with Gasteiger partial charge in [0.15, 0.2) is 24.5 Å². The maximum absolute atomic E-state index is 13.4. The highest BCUT2D eigenvalue weighted by Crippen LogP contribution is 2.18. The molecule has 1 heterocycles. The fourth-order valence-electron chi connectivity index (χ4n) is 2.51. The highest BCUT2D eigenvalue weighted by Gasteiger charge is 2.35. The SMILES string of the molecule is CCOC(CNC(=O)C1CN(C(=O)COc2ccccc2F)C1)OCC. The van der Waals surface area contributed by atoms with E-state index in [2.05, 4.69) is 5.32 Å². The number of likely N-dealkylation sites (tertiary alicyclic amines) is 1. The summed E-state index contributed by atoms with van der Waals surface area (Å²) in [6.07, 6.45) is -0.471. The lowest BCUT2D eigenvalue weighted by atomic mass is 9.99. The van der Waals surface area contributed by atoms with Crippen LogP contribution in [0.1, 0.15) is 13.8 Å². The first-order valence-corrected chi connectivity index (χ1v) is 8.71. The van der Waals surface area contributed by atoms with Crippen LogP contribution in [0.5, 0.6) is 5.75 Å². The lowest BCUT2D eigenvalue weighted by Crippen LogP contribution is -2.57. The summed E-state index contributed by atoms with van der Waals surface area (Å²) in [6, 6.07) is 5.90. The molecule has 1 saturated heterocycles. The van der Waals surface area contributed by atoms with Crippen LogP contribution in [0, 0.1) is 11.7 Å². The number of hydrogen-bond donors (Lipinski definition) is 1. The van der Waals surface area contributed by atoms with E-state index in [9.17, 15) is 14.0 Å². The molecule has 0 aliphatic carbocycles. The highest BCUT2D eigenvalue weighted by atomic mass is 19.1. The van der Waals surface area contributed by atoms with Crippen LogP contribution in [0.15, 0.2) is 24.3 Å². The molecule has 1 aromatic rings. The summed E-state index contributed by atoms with van der Waals surface area (Å²) < 4.78 is 29.3. The normalized spacial score (nSPS) is 14.2. The van der Waals surface area contributed by atoms with Gasteiger partial charge in [-0.2, -0.15) is 0 Å². The molecule has 1 N–H and O–H groups in total. The molecular formula is C18H25FN2O5. The van der Waals surface area contributed by atoms with Crippen molar-refractivity contribution in [2.75, 3.05) is 39.5 Å². The first-order chi connectivity index (χ1) is 12.5. The standard InChI is InChI=1S/C18H25FN2O5/c1-3-24-17(25-4-2)9-20-18(23)13-10-21(11-13)16(22)12-26-15-8-6-5-7-14(15)19/h5-8,13,17H,3-4,9-12H2,1-2H3,(H,20,23). The number of carbonyl (C=O) groups excluding carboxylic acids is 2. The van der Waals surface area contributed by atoms with Crippen LogP contribution in [-0.2, 0) is 19.1 Å². The number of carbonyl (C=O) groups is 2. The van der Waals surface area contributed by atoms with E-state index in [1.807, 2.05) is 13.8 Å². The van der Waals surface area contributed by atoms with Gasteiger partial charge in [-0.25, -0.2) is 4.39 Å². The highest BCUT2D eigenvalue weighted by molar-refractivity contribution is 5.85. The Kier molecular flexibility index (Phi) is 7.80. The monoisotopic (exact) mass is 368 g/mol. The fraction of sp³-hybridized carbons (Fsp3) is 0.556. The Morgan fingerprint density at radius 1 is 1.23 bits per heavy atom. The minimum Gasteiger partial charge on any atom is -0.481 e. The van der Waals surface area contributed by atoms with Crippen LogP contribution in [0.4, 0.5) is 4.39 Å². The van der Waals surface area contributed by atoms with Crippen molar-refractivity contribution in [3.8, 4) is 5.75 Å². The lowest BCUT2D eigenvalue weighted by Gasteiger charge is -2.38. The summed E-state index contributed by atoms with van der Waals surface area (Å²) in [7, 11) is 0. The third-order valence-corrected chi connectivity index (χ3v) is 3.94. The van der Waals surface area contributed by atoms with Gasteiger partial charge < -0.3 is 24.4 Å². The number of amides is 2. The molecule has 0 unspecified atom stereocenters. The zero-order valence-corrected chi connectivity index (χ0v) is 15.1. The number of ether oxygens (including phenoxy) is 3. The fourth-order valence-corrected chi connectivity index (χ4v) is 2.51. The molecule has 0 bridgehead atoms. The molecule has 1 aromatic carbocycles. The number of para-hydroxylation sites is 1. The maximum atomic E-state index is 13.4. The second-order valence-electron chi connectivity index (χ2n) is 5.80. The number of rotatable bonds is 10. The van der Waals surface area contributed by atoms with Gasteiger partial charge in [0.05, 0.1) is 12.5 Å². The number of halogens is 1. The van der Waals surface area contributed by atoms with Crippen LogP contribution in [-0.4, -0.2) is 62.5 Å². The summed E-state index contributed by atoms with van der Waals surface area (Å²) in [6.45, 7) is 5.34. The zero-order chi connectivity index (χ0) is 18.9. The summed E-state index contributed by atoms with van der Waals surface area (Å²) in [4.78, 5) is 25.6. The summed E-state index contributed by atoms with van der Waals surface area (Å²) >= 11 is 0. The Hall–Kier alpha value is -2.19. The average molecular weight is 368 g/mol. The van der Waals surface area contributed by atoms with Crippen LogP contribution < -0.4 is 10.1 Å². The van der Waals surface area contributed by atoms with E-state index < -0.39 is 12.1 Å². The molecule has 2 rings (SSSR count).